The lowest BCUT2D eigenvalue weighted by atomic mass is 9.47. The summed E-state index contributed by atoms with van der Waals surface area (Å²) < 4.78 is 43.9. The smallest absolute Gasteiger partial charge is 0.187 e. The summed E-state index contributed by atoms with van der Waals surface area (Å²) in [5.41, 5.74) is 1.32. The summed E-state index contributed by atoms with van der Waals surface area (Å²) in [7, 11) is 0. The van der Waals surface area contributed by atoms with Gasteiger partial charge in [0.05, 0.1) is 31.5 Å². The van der Waals surface area contributed by atoms with Crippen LogP contribution in [-0.4, -0.2) is 176 Å². The van der Waals surface area contributed by atoms with Crippen molar-refractivity contribution in [3.05, 3.63) is 11.6 Å². The van der Waals surface area contributed by atoms with Crippen LogP contribution in [0.25, 0.3) is 0 Å². The molecule has 1 spiro atoms. The van der Waals surface area contributed by atoms with Crippen LogP contribution >= 0.6 is 0 Å². The number of allylic oxidation sites excluding steroid dienone is 1. The minimum atomic E-state index is -1.84. The fraction of sp³-hybridized carbons (Fsp3) is 0.956. The Bertz CT molecular complexity index is 1610. The highest BCUT2D eigenvalue weighted by atomic mass is 16.8. The predicted molar refractivity (Wildman–Crippen MR) is 216 cm³/mol. The van der Waals surface area contributed by atoms with Crippen LogP contribution in [-0.2, 0) is 33.2 Å². The van der Waals surface area contributed by atoms with E-state index in [4.69, 9.17) is 33.2 Å². The molecule has 0 aromatic rings. The second kappa shape index (κ2) is 17.3. The zero-order valence-electron chi connectivity index (χ0n) is 36.7. The molecule has 5 aliphatic heterocycles. The Labute approximate surface area is 364 Å². The third kappa shape index (κ3) is 7.49. The molecule has 0 amide bonds. The van der Waals surface area contributed by atoms with E-state index in [-0.39, 0.29) is 22.7 Å². The predicted octanol–water partition coefficient (Wildman–Crippen LogP) is -0.213. The number of ether oxygens (including phenoxy) is 7. The van der Waals surface area contributed by atoms with Crippen molar-refractivity contribution in [1.82, 2.24) is 5.32 Å². The summed E-state index contributed by atoms with van der Waals surface area (Å²) in [5, 5.41) is 99.7. The topological polar surface area (TPSA) is 259 Å². The number of piperidine rings is 1. The van der Waals surface area contributed by atoms with Gasteiger partial charge in [0.15, 0.2) is 18.9 Å². The van der Waals surface area contributed by atoms with Crippen LogP contribution in [0.15, 0.2) is 11.6 Å². The van der Waals surface area contributed by atoms with Gasteiger partial charge in [-0.3, -0.25) is 5.32 Å². The number of fused-ring (bicyclic) bond motifs is 7. The third-order valence-corrected chi connectivity index (χ3v) is 17.9. The highest BCUT2D eigenvalue weighted by Gasteiger charge is 2.68. The van der Waals surface area contributed by atoms with Gasteiger partial charge < -0.3 is 79.1 Å². The Morgan fingerprint density at radius 3 is 2.05 bits per heavy atom. The van der Waals surface area contributed by atoms with Crippen molar-refractivity contribution < 1.29 is 79.1 Å². The molecule has 9 rings (SSSR count). The van der Waals surface area contributed by atoms with Crippen LogP contribution < -0.4 is 5.32 Å². The Morgan fingerprint density at radius 2 is 1.35 bits per heavy atom. The first-order valence-corrected chi connectivity index (χ1v) is 23.5. The van der Waals surface area contributed by atoms with Gasteiger partial charge in [-0.25, -0.2) is 0 Å². The second-order valence-electron chi connectivity index (χ2n) is 21.2. The minimum absolute atomic E-state index is 0.0361. The lowest BCUT2D eigenvalue weighted by Crippen LogP contribution is -2.67. The van der Waals surface area contributed by atoms with Crippen molar-refractivity contribution >= 4 is 0 Å². The van der Waals surface area contributed by atoms with Crippen molar-refractivity contribution in [1.29, 1.82) is 0 Å². The van der Waals surface area contributed by atoms with E-state index < -0.39 is 111 Å². The zero-order chi connectivity index (χ0) is 44.2. The van der Waals surface area contributed by atoms with Crippen molar-refractivity contribution in [2.75, 3.05) is 19.8 Å². The summed E-state index contributed by atoms with van der Waals surface area (Å²) >= 11 is 0. The number of aliphatic hydroxyl groups is 9. The average molecular weight is 884 g/mol. The summed E-state index contributed by atoms with van der Waals surface area (Å²) in [6.07, 6.45) is -11.9. The molecule has 0 aromatic carbocycles. The molecule has 10 N–H and O–H groups in total. The van der Waals surface area contributed by atoms with E-state index in [1.54, 1.807) is 0 Å². The monoisotopic (exact) mass is 883 g/mol. The van der Waals surface area contributed by atoms with Crippen LogP contribution in [0.5, 0.6) is 0 Å². The summed E-state index contributed by atoms with van der Waals surface area (Å²) in [6, 6.07) is 0. The van der Waals surface area contributed by atoms with E-state index in [2.05, 4.69) is 39.1 Å². The molecule has 3 saturated carbocycles. The van der Waals surface area contributed by atoms with Gasteiger partial charge in [0.1, 0.15) is 72.9 Å². The lowest BCUT2D eigenvalue weighted by molar-refractivity contribution is -0.394. The maximum absolute atomic E-state index is 11.6. The Hall–Kier alpha value is -0.940. The quantitative estimate of drug-likeness (QED) is 0.142. The van der Waals surface area contributed by atoms with Crippen molar-refractivity contribution in [3.8, 4) is 0 Å². The van der Waals surface area contributed by atoms with Gasteiger partial charge in [-0.1, -0.05) is 39.3 Å². The number of hydrogen-bond acceptors (Lipinski definition) is 17. The summed E-state index contributed by atoms with van der Waals surface area (Å²) in [5.74, 6) is 3.32. The van der Waals surface area contributed by atoms with Crippen LogP contribution in [0.2, 0.25) is 0 Å². The first-order valence-electron chi connectivity index (χ1n) is 23.5. The maximum Gasteiger partial charge on any atom is 0.187 e. The van der Waals surface area contributed by atoms with Crippen molar-refractivity contribution in [3.63, 3.8) is 0 Å². The summed E-state index contributed by atoms with van der Waals surface area (Å²) in [4.78, 5) is 0. The van der Waals surface area contributed by atoms with Crippen molar-refractivity contribution in [2.24, 2.45) is 46.3 Å². The average Bonchev–Trinajstić information content (AvgIpc) is 3.70. The SMILES string of the molecule is C[C@@H]1CC[C@@]2(NC1)O[C@H]1C[C@@H]3[C@H]4CC=C5C[C@@H](O[C@@H]6O[C@H](CO)[C@H](O)[C@H](O[C@@H]7O[C@H](CO)[C@@H](O)[C@H](O)[C@H]7O)[C@H]6O[C@@H]6O[C@@H](C)[C@H](O)[C@@H](O)[C@H]6O)CC[C@]5(C)[C@H]4CC[C@]3(C)[C@H]1[C@@H]2C. The van der Waals surface area contributed by atoms with E-state index in [0.717, 1.165) is 38.6 Å². The van der Waals surface area contributed by atoms with Gasteiger partial charge in [0.2, 0.25) is 0 Å². The summed E-state index contributed by atoms with van der Waals surface area (Å²) in [6.45, 7) is 10.8. The van der Waals surface area contributed by atoms with E-state index >= 15 is 0 Å². The van der Waals surface area contributed by atoms with Crippen LogP contribution in [0.1, 0.15) is 92.4 Å². The molecule has 0 radical (unpaired) electrons. The molecular weight excluding hydrogens is 810 g/mol. The first-order chi connectivity index (χ1) is 29.4. The van der Waals surface area contributed by atoms with Gasteiger partial charge in [0, 0.05) is 12.5 Å². The van der Waals surface area contributed by atoms with Gasteiger partial charge in [-0.05, 0) is 105 Å². The molecule has 5 heterocycles. The van der Waals surface area contributed by atoms with E-state index in [0.29, 0.717) is 48.3 Å². The van der Waals surface area contributed by atoms with Crippen LogP contribution in [0.3, 0.4) is 0 Å². The second-order valence-corrected chi connectivity index (χ2v) is 21.2. The van der Waals surface area contributed by atoms with Crippen LogP contribution in [0.4, 0.5) is 0 Å². The Morgan fingerprint density at radius 1 is 0.694 bits per heavy atom. The molecule has 8 fully saturated rings. The van der Waals surface area contributed by atoms with Gasteiger partial charge in [0.25, 0.3) is 0 Å². The molecule has 4 aliphatic carbocycles. The molecule has 62 heavy (non-hydrogen) atoms. The van der Waals surface area contributed by atoms with Gasteiger partial charge in [-0.2, -0.15) is 0 Å². The van der Waals surface area contributed by atoms with Gasteiger partial charge in [-0.15, -0.1) is 0 Å². The molecule has 354 valence electrons. The molecule has 0 unspecified atom stereocenters. The molecule has 0 bridgehead atoms. The lowest BCUT2D eigenvalue weighted by Gasteiger charge is -2.59. The van der Waals surface area contributed by atoms with E-state index in [9.17, 15) is 46.0 Å². The number of aliphatic hydroxyl groups excluding tert-OH is 9. The minimum Gasteiger partial charge on any atom is -0.394 e. The van der Waals surface area contributed by atoms with E-state index in [1.807, 2.05) is 0 Å². The molecule has 26 atom stereocenters. The molecule has 0 aromatic heterocycles. The van der Waals surface area contributed by atoms with Gasteiger partial charge >= 0.3 is 0 Å². The largest absolute Gasteiger partial charge is 0.394 e. The molecule has 17 nitrogen and oxygen atoms in total. The highest BCUT2D eigenvalue weighted by Crippen LogP contribution is 2.70. The fourth-order valence-electron chi connectivity index (χ4n) is 14.2. The standard InChI is InChI=1S/C45H73NO16/c1-19-8-13-45(46-16-19)20(2)30-27(62-45)15-26-24-7-6-22-14-23(9-11-43(22,4)25(24)10-12-44(26,30)5)57-42-39(61-40-36(54)34(52)31(49)21(3)56-40)38(33(51)29(18-48)59-42)60-41-37(55)35(53)32(50)28(17-47)58-41/h6,19-21,23-42,46-55H,7-18H2,1-5H3/t19-,20+,21+,23+,24+,25+,26-,27+,28-,29-,30+,31+,32-,33+,34-,35+,36-,37-,38+,39-,40+,41+,42-,43+,44+,45-/m1/s1. The maximum atomic E-state index is 11.6. The van der Waals surface area contributed by atoms with Crippen molar-refractivity contribution in [2.45, 2.75) is 202 Å². The highest BCUT2D eigenvalue weighted by molar-refractivity contribution is 5.26. The number of rotatable bonds is 8. The molecule has 9 aliphatic rings. The Balaban J connectivity index is 0.940. The Kier molecular flexibility index (Phi) is 12.9. The van der Waals surface area contributed by atoms with E-state index in [1.165, 1.54) is 25.3 Å². The normalized spacial score (nSPS) is 57.6. The molecule has 17 heteroatoms. The molecular formula is C45H73NO16. The third-order valence-electron chi connectivity index (χ3n) is 17.9. The first kappa shape index (κ1) is 46.2. The number of hydrogen-bond donors (Lipinski definition) is 10. The van der Waals surface area contributed by atoms with Crippen LogP contribution in [0, 0.1) is 46.3 Å². The zero-order valence-corrected chi connectivity index (χ0v) is 36.7. The fourth-order valence-corrected chi connectivity index (χ4v) is 14.2. The number of nitrogens with one attached hydrogen (secondary N) is 1. The molecule has 5 saturated heterocycles.